The highest BCUT2D eigenvalue weighted by molar-refractivity contribution is 9.10. The Kier molecular flexibility index (Phi) is 4.22. The minimum absolute atomic E-state index is 0.0591. The molecule has 0 bridgehead atoms. The summed E-state index contributed by atoms with van der Waals surface area (Å²) in [4.78, 5) is 10.1. The summed E-state index contributed by atoms with van der Waals surface area (Å²) in [6.45, 7) is 1.47. The molecule has 0 unspecified atom stereocenters. The molecule has 0 aromatic heterocycles. The molecule has 8 heteroatoms. The van der Waals surface area contributed by atoms with E-state index in [1.165, 1.54) is 18.2 Å². The summed E-state index contributed by atoms with van der Waals surface area (Å²) in [5.74, 6) is 0.243. The first-order chi connectivity index (χ1) is 8.87. The van der Waals surface area contributed by atoms with Crippen molar-refractivity contribution in [3.8, 4) is 0 Å². The van der Waals surface area contributed by atoms with Crippen molar-refractivity contribution in [3.05, 3.63) is 38.3 Å². The molecule has 1 aromatic carbocycles. The third-order valence-corrected chi connectivity index (χ3v) is 5.45. The van der Waals surface area contributed by atoms with E-state index in [1.807, 2.05) is 0 Å². The Bertz CT molecular complexity index is 599. The number of rotatable bonds is 5. The SMILES string of the molecule is O=[N+]([O-])c1ccc(CS(=O)(=O)CC2CNC2)c(Br)c1. The molecule has 1 aliphatic rings. The molecule has 1 fully saturated rings. The van der Waals surface area contributed by atoms with Gasteiger partial charge in [-0.05, 0) is 11.5 Å². The molecule has 1 saturated heterocycles. The lowest BCUT2D eigenvalue weighted by Crippen LogP contribution is -2.45. The number of non-ortho nitro benzene ring substituents is 1. The van der Waals surface area contributed by atoms with Gasteiger partial charge in [-0.15, -0.1) is 0 Å². The number of hydrogen-bond acceptors (Lipinski definition) is 5. The summed E-state index contributed by atoms with van der Waals surface area (Å²) in [6.07, 6.45) is 0. The van der Waals surface area contributed by atoms with Gasteiger partial charge in [-0.2, -0.15) is 0 Å². The van der Waals surface area contributed by atoms with Gasteiger partial charge in [0.05, 0.1) is 16.4 Å². The largest absolute Gasteiger partial charge is 0.316 e. The maximum absolute atomic E-state index is 12.0. The average molecular weight is 349 g/mol. The summed E-state index contributed by atoms with van der Waals surface area (Å²) in [5, 5.41) is 13.6. The van der Waals surface area contributed by atoms with Gasteiger partial charge in [0.15, 0.2) is 9.84 Å². The minimum Gasteiger partial charge on any atom is -0.316 e. The number of hydrogen-bond donors (Lipinski definition) is 1. The van der Waals surface area contributed by atoms with Crippen LogP contribution in [0.15, 0.2) is 22.7 Å². The van der Waals surface area contributed by atoms with Crippen LogP contribution < -0.4 is 5.32 Å². The minimum atomic E-state index is -3.19. The van der Waals surface area contributed by atoms with Crippen LogP contribution >= 0.6 is 15.9 Å². The van der Waals surface area contributed by atoms with Crippen LogP contribution in [-0.2, 0) is 15.6 Å². The van der Waals surface area contributed by atoms with Gasteiger partial charge >= 0.3 is 0 Å². The maximum atomic E-state index is 12.0. The topological polar surface area (TPSA) is 89.3 Å². The second-order valence-electron chi connectivity index (χ2n) is 4.61. The van der Waals surface area contributed by atoms with Crippen LogP contribution in [-0.4, -0.2) is 32.2 Å². The first-order valence-corrected chi connectivity index (χ1v) is 8.33. The smallest absolute Gasteiger partial charge is 0.270 e. The fraction of sp³-hybridized carbons (Fsp3) is 0.455. The lowest BCUT2D eigenvalue weighted by atomic mass is 10.1. The fourth-order valence-corrected chi connectivity index (χ4v) is 4.38. The highest BCUT2D eigenvalue weighted by atomic mass is 79.9. The molecule has 1 aliphatic heterocycles. The van der Waals surface area contributed by atoms with E-state index in [-0.39, 0.29) is 23.1 Å². The van der Waals surface area contributed by atoms with Crippen LogP contribution in [0.4, 0.5) is 5.69 Å². The molecule has 6 nitrogen and oxygen atoms in total. The Morgan fingerprint density at radius 2 is 2.11 bits per heavy atom. The Morgan fingerprint density at radius 3 is 2.58 bits per heavy atom. The van der Waals surface area contributed by atoms with Gasteiger partial charge < -0.3 is 5.32 Å². The summed E-state index contributed by atoms with van der Waals surface area (Å²) >= 11 is 3.18. The molecule has 19 heavy (non-hydrogen) atoms. The van der Waals surface area contributed by atoms with E-state index >= 15 is 0 Å². The number of benzene rings is 1. The molecular formula is C11H13BrN2O4S. The summed E-state index contributed by atoms with van der Waals surface area (Å²) in [7, 11) is -3.19. The van der Waals surface area contributed by atoms with Crippen LogP contribution in [0.25, 0.3) is 0 Å². The standard InChI is InChI=1S/C11H13BrN2O4S/c12-11-3-10(14(15)16)2-1-9(11)7-19(17,18)6-8-4-13-5-8/h1-3,8,13H,4-7H2. The molecule has 2 rings (SSSR count). The Balaban J connectivity index is 2.11. The van der Waals surface area contributed by atoms with Gasteiger partial charge in [0.2, 0.25) is 0 Å². The normalized spacial score (nSPS) is 16.1. The van der Waals surface area contributed by atoms with Crippen molar-refractivity contribution >= 4 is 31.5 Å². The maximum Gasteiger partial charge on any atom is 0.270 e. The van der Waals surface area contributed by atoms with E-state index < -0.39 is 14.8 Å². The van der Waals surface area contributed by atoms with Crippen LogP contribution in [0.1, 0.15) is 5.56 Å². The van der Waals surface area contributed by atoms with Gasteiger partial charge in [-0.1, -0.05) is 22.0 Å². The zero-order valence-electron chi connectivity index (χ0n) is 10.0. The van der Waals surface area contributed by atoms with Crippen molar-refractivity contribution in [2.24, 2.45) is 5.92 Å². The molecule has 0 aliphatic carbocycles. The molecule has 0 spiro atoms. The van der Waals surface area contributed by atoms with E-state index in [1.54, 1.807) is 0 Å². The number of sulfone groups is 1. The zero-order chi connectivity index (χ0) is 14.0. The van der Waals surface area contributed by atoms with Gasteiger partial charge in [0.25, 0.3) is 5.69 Å². The third-order valence-electron chi connectivity index (χ3n) is 2.98. The van der Waals surface area contributed by atoms with Crippen LogP contribution in [0.2, 0.25) is 0 Å². The molecular weight excluding hydrogens is 336 g/mol. The summed E-state index contributed by atoms with van der Waals surface area (Å²) in [5.41, 5.74) is 0.495. The van der Waals surface area contributed by atoms with Crippen LogP contribution in [0.5, 0.6) is 0 Å². The highest BCUT2D eigenvalue weighted by Gasteiger charge is 2.25. The molecule has 1 heterocycles. The van der Waals surface area contributed by atoms with Crippen molar-refractivity contribution in [1.29, 1.82) is 0 Å². The third kappa shape index (κ3) is 3.74. The average Bonchev–Trinajstić information content (AvgIpc) is 2.26. The number of nitrogens with one attached hydrogen (secondary N) is 1. The van der Waals surface area contributed by atoms with Gasteiger partial charge in [0, 0.05) is 29.7 Å². The predicted molar refractivity (Wildman–Crippen MR) is 74.6 cm³/mol. The van der Waals surface area contributed by atoms with Gasteiger partial charge in [-0.3, -0.25) is 10.1 Å². The molecule has 0 amide bonds. The van der Waals surface area contributed by atoms with Crippen LogP contribution in [0.3, 0.4) is 0 Å². The molecule has 1 N–H and O–H groups in total. The van der Waals surface area contributed by atoms with Gasteiger partial charge in [0.1, 0.15) is 0 Å². The number of halogens is 1. The lowest BCUT2D eigenvalue weighted by Gasteiger charge is -2.26. The Labute approximate surface area is 119 Å². The first-order valence-electron chi connectivity index (χ1n) is 5.71. The molecule has 0 radical (unpaired) electrons. The molecule has 1 aromatic rings. The fourth-order valence-electron chi connectivity index (χ4n) is 1.89. The molecule has 0 saturated carbocycles. The Hall–Kier alpha value is -0.990. The summed E-state index contributed by atoms with van der Waals surface area (Å²) < 4.78 is 24.4. The molecule has 0 atom stereocenters. The zero-order valence-corrected chi connectivity index (χ0v) is 12.4. The number of nitrogens with zero attached hydrogens (tertiary/aromatic N) is 1. The Morgan fingerprint density at radius 1 is 1.42 bits per heavy atom. The van der Waals surface area contributed by atoms with E-state index in [0.717, 1.165) is 13.1 Å². The number of nitro benzene ring substituents is 1. The van der Waals surface area contributed by atoms with E-state index in [2.05, 4.69) is 21.2 Å². The van der Waals surface area contributed by atoms with Crippen molar-refractivity contribution in [2.45, 2.75) is 5.75 Å². The first kappa shape index (κ1) is 14.4. The van der Waals surface area contributed by atoms with E-state index in [9.17, 15) is 18.5 Å². The van der Waals surface area contributed by atoms with Crippen molar-refractivity contribution in [1.82, 2.24) is 5.32 Å². The second kappa shape index (κ2) is 5.56. The van der Waals surface area contributed by atoms with E-state index in [0.29, 0.717) is 10.0 Å². The quantitative estimate of drug-likeness (QED) is 0.643. The van der Waals surface area contributed by atoms with Crippen LogP contribution in [0, 0.1) is 16.0 Å². The van der Waals surface area contributed by atoms with Crippen molar-refractivity contribution in [2.75, 3.05) is 18.8 Å². The highest BCUT2D eigenvalue weighted by Crippen LogP contribution is 2.25. The summed E-state index contributed by atoms with van der Waals surface area (Å²) in [6, 6.07) is 4.13. The van der Waals surface area contributed by atoms with Gasteiger partial charge in [-0.25, -0.2) is 8.42 Å². The molecule has 104 valence electrons. The second-order valence-corrected chi connectivity index (χ2v) is 7.58. The predicted octanol–water partition coefficient (Wildman–Crippen LogP) is 1.49. The van der Waals surface area contributed by atoms with E-state index in [4.69, 9.17) is 0 Å². The lowest BCUT2D eigenvalue weighted by molar-refractivity contribution is -0.384. The number of nitro groups is 1. The monoisotopic (exact) mass is 348 g/mol. The van der Waals surface area contributed by atoms with Crippen molar-refractivity contribution in [3.63, 3.8) is 0 Å². The van der Waals surface area contributed by atoms with Crippen molar-refractivity contribution < 1.29 is 13.3 Å².